The average Bonchev–Trinajstić information content (AvgIpc) is 2.91. The van der Waals surface area contributed by atoms with E-state index in [2.05, 4.69) is 4.90 Å². The van der Waals surface area contributed by atoms with E-state index in [0.29, 0.717) is 23.5 Å². The number of Topliss-reactive ketones (excluding diaryl/α,β-unsaturated/α-hetero) is 2. The van der Waals surface area contributed by atoms with Crippen molar-refractivity contribution in [1.29, 1.82) is 0 Å². The van der Waals surface area contributed by atoms with E-state index in [-0.39, 0.29) is 23.0 Å². The predicted octanol–water partition coefficient (Wildman–Crippen LogP) is 2.13. The summed E-state index contributed by atoms with van der Waals surface area (Å²) < 4.78 is 10.8. The van der Waals surface area contributed by atoms with Crippen LogP contribution in [0, 0.1) is 0 Å². The third kappa shape index (κ3) is 2.44. The highest BCUT2D eigenvalue weighted by Gasteiger charge is 2.50. The first-order valence-electron chi connectivity index (χ1n) is 8.12. The second-order valence-electron chi connectivity index (χ2n) is 6.60. The molecule has 3 rings (SSSR count). The Morgan fingerprint density at radius 2 is 1.96 bits per heavy atom. The molecule has 2 aliphatic rings. The summed E-state index contributed by atoms with van der Waals surface area (Å²) in [5, 5.41) is 0. The van der Waals surface area contributed by atoms with Crippen LogP contribution in [-0.2, 0) is 15.0 Å². The number of fused-ring (bicyclic) bond motifs is 1. The molecule has 1 saturated heterocycles. The van der Waals surface area contributed by atoms with Crippen LogP contribution in [0.3, 0.4) is 0 Å². The minimum absolute atomic E-state index is 0.0580. The molecule has 0 radical (unpaired) electrons. The number of ketones is 2. The molecular formula is C19H23NO4. The molecule has 0 bridgehead atoms. The van der Waals surface area contributed by atoms with Crippen molar-refractivity contribution in [2.24, 2.45) is 0 Å². The van der Waals surface area contributed by atoms with E-state index < -0.39 is 0 Å². The monoisotopic (exact) mass is 329 g/mol. The highest BCUT2D eigenvalue weighted by molar-refractivity contribution is 6.20. The lowest BCUT2D eigenvalue weighted by molar-refractivity contribution is -0.121. The summed E-state index contributed by atoms with van der Waals surface area (Å²) in [6, 6.07) is 5.93. The minimum Gasteiger partial charge on any atom is -0.493 e. The number of methoxy groups -OCH3 is 2. The van der Waals surface area contributed by atoms with Crippen LogP contribution in [0.4, 0.5) is 0 Å². The Balaban J connectivity index is 2.17. The van der Waals surface area contributed by atoms with Gasteiger partial charge in [0.25, 0.3) is 0 Å². The van der Waals surface area contributed by atoms with Gasteiger partial charge in [-0.2, -0.15) is 0 Å². The van der Waals surface area contributed by atoms with Crippen LogP contribution in [0.15, 0.2) is 29.8 Å². The number of rotatable bonds is 4. The minimum atomic E-state index is -0.344. The Labute approximate surface area is 142 Å². The van der Waals surface area contributed by atoms with Crippen LogP contribution in [0.1, 0.15) is 25.3 Å². The number of nitrogens with zero attached hydrogens (tertiary/aromatic N) is 1. The first-order chi connectivity index (χ1) is 11.4. The van der Waals surface area contributed by atoms with Crippen LogP contribution in [-0.4, -0.2) is 50.3 Å². The number of benzene rings is 1. The zero-order valence-electron chi connectivity index (χ0n) is 14.6. The molecule has 1 aliphatic heterocycles. The fraction of sp³-hybridized carbons (Fsp3) is 0.474. The highest BCUT2D eigenvalue weighted by Crippen LogP contribution is 2.47. The van der Waals surface area contributed by atoms with E-state index in [1.165, 1.54) is 6.92 Å². The topological polar surface area (TPSA) is 55.8 Å². The summed E-state index contributed by atoms with van der Waals surface area (Å²) in [6.45, 7) is 2.35. The van der Waals surface area contributed by atoms with Crippen molar-refractivity contribution in [2.45, 2.75) is 31.2 Å². The quantitative estimate of drug-likeness (QED) is 0.792. The van der Waals surface area contributed by atoms with E-state index in [1.54, 1.807) is 14.2 Å². The van der Waals surface area contributed by atoms with E-state index in [1.807, 2.05) is 31.3 Å². The van der Waals surface area contributed by atoms with Gasteiger partial charge in [-0.3, -0.25) is 9.59 Å². The Hall–Kier alpha value is -2.14. The SMILES string of the molecule is COc1ccc(C23C=C(C(C)=O)C(=O)CC2N(C)CC3)cc1OC. The van der Waals surface area contributed by atoms with Crippen molar-refractivity contribution in [3.8, 4) is 11.5 Å². The molecule has 0 aromatic heterocycles. The lowest BCUT2D eigenvalue weighted by Crippen LogP contribution is -2.45. The smallest absolute Gasteiger partial charge is 0.167 e. The highest BCUT2D eigenvalue weighted by atomic mass is 16.5. The Bertz CT molecular complexity index is 724. The zero-order chi connectivity index (χ0) is 17.5. The van der Waals surface area contributed by atoms with Crippen molar-refractivity contribution < 1.29 is 19.1 Å². The van der Waals surface area contributed by atoms with Crippen LogP contribution >= 0.6 is 0 Å². The number of likely N-dealkylation sites (N-methyl/N-ethyl adjacent to an activating group) is 1. The molecule has 0 amide bonds. The van der Waals surface area contributed by atoms with Gasteiger partial charge in [0.2, 0.25) is 0 Å². The first kappa shape index (κ1) is 16.7. The summed E-state index contributed by atoms with van der Waals surface area (Å²) in [4.78, 5) is 26.5. The van der Waals surface area contributed by atoms with Gasteiger partial charge in [-0.25, -0.2) is 0 Å². The van der Waals surface area contributed by atoms with Crippen molar-refractivity contribution in [3.05, 3.63) is 35.4 Å². The maximum absolute atomic E-state index is 12.4. The maximum atomic E-state index is 12.4. The van der Waals surface area contributed by atoms with E-state index in [0.717, 1.165) is 18.5 Å². The molecule has 1 aromatic carbocycles. The molecule has 1 aliphatic carbocycles. The number of hydrogen-bond acceptors (Lipinski definition) is 5. The lowest BCUT2D eigenvalue weighted by Gasteiger charge is -2.39. The van der Waals surface area contributed by atoms with Gasteiger partial charge in [0.05, 0.1) is 19.8 Å². The van der Waals surface area contributed by atoms with Gasteiger partial charge in [-0.1, -0.05) is 12.1 Å². The van der Waals surface area contributed by atoms with Gasteiger partial charge < -0.3 is 14.4 Å². The molecule has 0 N–H and O–H groups in total. The van der Waals surface area contributed by atoms with Crippen LogP contribution in [0.5, 0.6) is 11.5 Å². The molecule has 2 unspecified atom stereocenters. The van der Waals surface area contributed by atoms with Gasteiger partial charge >= 0.3 is 0 Å². The molecular weight excluding hydrogens is 306 g/mol. The van der Waals surface area contributed by atoms with Crippen LogP contribution in [0.25, 0.3) is 0 Å². The largest absolute Gasteiger partial charge is 0.493 e. The standard InChI is InChI=1S/C19H23NO4/c1-12(21)14-11-19(7-8-20(2)18(19)10-15(14)22)13-5-6-16(23-3)17(9-13)24-4/h5-6,9,11,18H,7-8,10H2,1-4H3. The molecule has 2 atom stereocenters. The number of carbonyl (C=O) groups is 2. The van der Waals surface area contributed by atoms with Gasteiger partial charge in [0, 0.05) is 17.9 Å². The zero-order valence-corrected chi connectivity index (χ0v) is 14.6. The van der Waals surface area contributed by atoms with E-state index in [9.17, 15) is 9.59 Å². The van der Waals surface area contributed by atoms with Crippen molar-refractivity contribution in [1.82, 2.24) is 4.90 Å². The Morgan fingerprint density at radius 1 is 1.25 bits per heavy atom. The fourth-order valence-corrected chi connectivity index (χ4v) is 4.05. The Kier molecular flexibility index (Phi) is 4.22. The maximum Gasteiger partial charge on any atom is 0.167 e. The third-order valence-electron chi connectivity index (χ3n) is 5.39. The van der Waals surface area contributed by atoms with Crippen molar-refractivity contribution in [3.63, 3.8) is 0 Å². The normalized spacial score (nSPS) is 26.8. The first-order valence-corrected chi connectivity index (χ1v) is 8.12. The molecule has 1 heterocycles. The number of ether oxygens (including phenoxy) is 2. The summed E-state index contributed by atoms with van der Waals surface area (Å²) in [6.07, 6.45) is 3.14. The second kappa shape index (κ2) is 6.06. The number of carbonyl (C=O) groups excluding carboxylic acids is 2. The average molecular weight is 329 g/mol. The molecule has 5 heteroatoms. The summed E-state index contributed by atoms with van der Waals surface area (Å²) in [5.74, 6) is 1.11. The number of allylic oxidation sites excluding steroid dienone is 1. The van der Waals surface area contributed by atoms with E-state index in [4.69, 9.17) is 9.47 Å². The summed E-state index contributed by atoms with van der Waals surface area (Å²) in [5.41, 5.74) is 1.04. The second-order valence-corrected chi connectivity index (χ2v) is 6.60. The molecule has 0 saturated carbocycles. The molecule has 5 nitrogen and oxygen atoms in total. The predicted molar refractivity (Wildman–Crippen MR) is 90.6 cm³/mol. The molecule has 1 aromatic rings. The molecule has 24 heavy (non-hydrogen) atoms. The molecule has 128 valence electrons. The van der Waals surface area contributed by atoms with Crippen LogP contribution in [0.2, 0.25) is 0 Å². The summed E-state index contributed by atoms with van der Waals surface area (Å²) in [7, 11) is 5.25. The van der Waals surface area contributed by atoms with Gasteiger partial charge in [-0.05, 0) is 44.6 Å². The number of likely N-dealkylation sites (tertiary alicyclic amines) is 1. The van der Waals surface area contributed by atoms with Gasteiger partial charge in [0.1, 0.15) is 0 Å². The van der Waals surface area contributed by atoms with Gasteiger partial charge in [-0.15, -0.1) is 0 Å². The Morgan fingerprint density at radius 3 is 2.58 bits per heavy atom. The lowest BCUT2D eigenvalue weighted by atomic mass is 9.67. The number of hydrogen-bond donors (Lipinski definition) is 0. The van der Waals surface area contributed by atoms with E-state index >= 15 is 0 Å². The third-order valence-corrected chi connectivity index (χ3v) is 5.39. The van der Waals surface area contributed by atoms with Crippen molar-refractivity contribution >= 4 is 11.6 Å². The molecule has 1 fully saturated rings. The molecule has 0 spiro atoms. The van der Waals surface area contributed by atoms with Gasteiger partial charge in [0.15, 0.2) is 23.1 Å². The summed E-state index contributed by atoms with van der Waals surface area (Å²) >= 11 is 0. The van der Waals surface area contributed by atoms with Crippen molar-refractivity contribution in [2.75, 3.05) is 27.8 Å². The van der Waals surface area contributed by atoms with Crippen LogP contribution < -0.4 is 9.47 Å². The fourth-order valence-electron chi connectivity index (χ4n) is 4.05.